The highest BCUT2D eigenvalue weighted by Gasteiger charge is 2.25. The molecule has 1 fully saturated rings. The van der Waals surface area contributed by atoms with Gasteiger partial charge in [-0.05, 0) is 25.3 Å². The number of anilines is 1. The van der Waals surface area contributed by atoms with E-state index in [1.54, 1.807) is 12.1 Å². The summed E-state index contributed by atoms with van der Waals surface area (Å²) in [7, 11) is 0. The molecule has 2 rings (SSSR count). The Morgan fingerprint density at radius 1 is 1.48 bits per heavy atom. The molecule has 21 heavy (non-hydrogen) atoms. The van der Waals surface area contributed by atoms with Gasteiger partial charge >= 0.3 is 5.69 Å². The number of benzene rings is 1. The van der Waals surface area contributed by atoms with Crippen molar-refractivity contribution >= 4 is 11.4 Å². The van der Waals surface area contributed by atoms with Crippen LogP contribution in [0, 0.1) is 16.0 Å². The number of nitro groups is 1. The van der Waals surface area contributed by atoms with Crippen LogP contribution >= 0.6 is 0 Å². The van der Waals surface area contributed by atoms with Gasteiger partial charge in [-0.3, -0.25) is 10.1 Å². The predicted molar refractivity (Wildman–Crippen MR) is 80.7 cm³/mol. The molecule has 0 heterocycles. The van der Waals surface area contributed by atoms with Gasteiger partial charge in [-0.2, -0.15) is 0 Å². The minimum atomic E-state index is -0.435. The Balaban J connectivity index is 2.04. The van der Waals surface area contributed by atoms with E-state index in [0.717, 1.165) is 31.4 Å². The lowest BCUT2D eigenvalue weighted by atomic mass is 10.1. The molecule has 0 saturated heterocycles. The lowest BCUT2D eigenvalue weighted by Crippen LogP contribution is -2.21. The van der Waals surface area contributed by atoms with Crippen molar-refractivity contribution in [2.75, 3.05) is 18.5 Å². The highest BCUT2D eigenvalue weighted by Crippen LogP contribution is 2.31. The maximum atomic E-state index is 11.0. The average Bonchev–Trinajstić information content (AvgIpc) is 2.88. The molecule has 1 aliphatic rings. The first-order chi connectivity index (χ1) is 10.1. The van der Waals surface area contributed by atoms with E-state index >= 15 is 0 Å². The third-order valence-electron chi connectivity index (χ3n) is 3.81. The van der Waals surface area contributed by atoms with Crippen molar-refractivity contribution in [1.82, 2.24) is 0 Å². The van der Waals surface area contributed by atoms with Crippen LogP contribution in [-0.4, -0.2) is 29.3 Å². The van der Waals surface area contributed by atoms with Gasteiger partial charge in [0, 0.05) is 30.3 Å². The molecule has 6 nitrogen and oxygen atoms in total. The van der Waals surface area contributed by atoms with Crippen molar-refractivity contribution in [3.8, 4) is 5.75 Å². The van der Waals surface area contributed by atoms with Crippen molar-refractivity contribution < 1.29 is 14.8 Å². The van der Waals surface area contributed by atoms with Crippen LogP contribution in [0.5, 0.6) is 5.75 Å². The number of nitrogens with one attached hydrogen (secondary N) is 1. The van der Waals surface area contributed by atoms with Crippen molar-refractivity contribution in [2.45, 2.75) is 38.7 Å². The van der Waals surface area contributed by atoms with Gasteiger partial charge in [0.15, 0.2) is 5.75 Å². The normalized spacial score (nSPS) is 21.2. The molecule has 1 aromatic carbocycles. The highest BCUT2D eigenvalue weighted by molar-refractivity contribution is 5.58. The summed E-state index contributed by atoms with van der Waals surface area (Å²) in [4.78, 5) is 10.5. The average molecular weight is 294 g/mol. The maximum Gasteiger partial charge on any atom is 0.311 e. The summed E-state index contributed by atoms with van der Waals surface area (Å²) in [5.41, 5.74) is 0.765. The standard InChI is InChI=1S/C15H22N2O4/c1-2-8-21-15-9-12(6-7-13(15)17(19)20)16-10-11-4-3-5-14(11)18/h6-7,9,11,14,16,18H,2-5,8,10H2,1H3. The Hall–Kier alpha value is -1.82. The maximum absolute atomic E-state index is 11.0. The second-order valence-electron chi connectivity index (χ2n) is 5.43. The second kappa shape index (κ2) is 7.26. The Bertz CT molecular complexity index is 493. The lowest BCUT2D eigenvalue weighted by molar-refractivity contribution is -0.385. The topological polar surface area (TPSA) is 84.6 Å². The molecule has 2 N–H and O–H groups in total. The molecule has 2 atom stereocenters. The second-order valence-corrected chi connectivity index (χ2v) is 5.43. The summed E-state index contributed by atoms with van der Waals surface area (Å²) in [6.45, 7) is 3.08. The largest absolute Gasteiger partial charge is 0.487 e. The van der Waals surface area contributed by atoms with Crippen molar-refractivity contribution in [3.63, 3.8) is 0 Å². The van der Waals surface area contributed by atoms with E-state index in [1.165, 1.54) is 6.07 Å². The molecular weight excluding hydrogens is 272 g/mol. The molecule has 0 aliphatic heterocycles. The van der Waals surface area contributed by atoms with Crippen LogP contribution in [0.2, 0.25) is 0 Å². The summed E-state index contributed by atoms with van der Waals surface area (Å²) in [6, 6.07) is 4.80. The van der Waals surface area contributed by atoms with Crippen LogP contribution in [0.15, 0.2) is 18.2 Å². The number of ether oxygens (including phenoxy) is 1. The molecular formula is C15H22N2O4. The van der Waals surface area contributed by atoms with Crippen molar-refractivity contribution in [3.05, 3.63) is 28.3 Å². The summed E-state index contributed by atoms with van der Waals surface area (Å²) < 4.78 is 5.45. The van der Waals surface area contributed by atoms with Crippen molar-refractivity contribution in [1.29, 1.82) is 0 Å². The number of aliphatic hydroxyl groups is 1. The summed E-state index contributed by atoms with van der Waals surface area (Å²) in [5.74, 6) is 0.541. The van der Waals surface area contributed by atoms with Gasteiger partial charge in [0.1, 0.15) is 0 Å². The van der Waals surface area contributed by atoms with Gasteiger partial charge in [-0.15, -0.1) is 0 Å². The number of nitro benzene ring substituents is 1. The Labute approximate surface area is 124 Å². The fourth-order valence-corrected chi connectivity index (χ4v) is 2.61. The van der Waals surface area contributed by atoms with E-state index in [-0.39, 0.29) is 17.7 Å². The van der Waals surface area contributed by atoms with Gasteiger partial charge in [0.2, 0.25) is 0 Å². The van der Waals surface area contributed by atoms with E-state index in [9.17, 15) is 15.2 Å². The van der Waals surface area contributed by atoms with Gasteiger partial charge < -0.3 is 15.2 Å². The minimum absolute atomic E-state index is 0.0186. The zero-order valence-corrected chi connectivity index (χ0v) is 12.2. The Morgan fingerprint density at radius 3 is 2.90 bits per heavy atom. The van der Waals surface area contributed by atoms with Gasteiger partial charge in [-0.1, -0.05) is 13.3 Å². The first-order valence-electron chi connectivity index (χ1n) is 7.45. The number of hydrogen-bond donors (Lipinski definition) is 2. The molecule has 0 amide bonds. The van der Waals surface area contributed by atoms with Gasteiger partial charge in [-0.25, -0.2) is 0 Å². The zero-order chi connectivity index (χ0) is 15.2. The molecule has 0 radical (unpaired) electrons. The molecule has 1 saturated carbocycles. The van der Waals surface area contributed by atoms with Crippen LogP contribution in [0.25, 0.3) is 0 Å². The Morgan fingerprint density at radius 2 is 2.29 bits per heavy atom. The van der Waals surface area contributed by atoms with E-state index in [0.29, 0.717) is 18.9 Å². The van der Waals surface area contributed by atoms with Gasteiger partial charge in [0.05, 0.1) is 17.6 Å². The highest BCUT2D eigenvalue weighted by atomic mass is 16.6. The fraction of sp³-hybridized carbons (Fsp3) is 0.600. The quantitative estimate of drug-likeness (QED) is 0.596. The van der Waals surface area contributed by atoms with E-state index < -0.39 is 4.92 Å². The molecule has 1 aromatic rings. The number of aliphatic hydroxyl groups excluding tert-OH is 1. The number of nitrogens with zero attached hydrogens (tertiary/aromatic N) is 1. The van der Waals surface area contributed by atoms with Crippen LogP contribution in [0.3, 0.4) is 0 Å². The minimum Gasteiger partial charge on any atom is -0.487 e. The predicted octanol–water partition coefficient (Wildman–Crippen LogP) is 2.96. The smallest absolute Gasteiger partial charge is 0.311 e. The number of hydrogen-bond acceptors (Lipinski definition) is 5. The van der Waals surface area contributed by atoms with Crippen LogP contribution < -0.4 is 10.1 Å². The van der Waals surface area contributed by atoms with Crippen LogP contribution in [0.4, 0.5) is 11.4 Å². The first kappa shape index (κ1) is 15.6. The third-order valence-corrected chi connectivity index (χ3v) is 3.81. The van der Waals surface area contributed by atoms with Gasteiger partial charge in [0.25, 0.3) is 0 Å². The van der Waals surface area contributed by atoms with E-state index in [2.05, 4.69) is 5.32 Å². The van der Waals surface area contributed by atoms with Crippen LogP contribution in [0.1, 0.15) is 32.6 Å². The molecule has 0 bridgehead atoms. The molecule has 6 heteroatoms. The zero-order valence-electron chi connectivity index (χ0n) is 12.2. The molecule has 1 aliphatic carbocycles. The summed E-state index contributed by atoms with van der Waals surface area (Å²) in [5, 5.41) is 24.0. The Kier molecular flexibility index (Phi) is 5.38. The van der Waals surface area contributed by atoms with E-state index in [4.69, 9.17) is 4.74 Å². The molecule has 0 spiro atoms. The van der Waals surface area contributed by atoms with Crippen molar-refractivity contribution in [2.24, 2.45) is 5.92 Å². The summed E-state index contributed by atoms with van der Waals surface area (Å²) >= 11 is 0. The summed E-state index contributed by atoms with van der Waals surface area (Å²) in [6.07, 6.45) is 3.48. The first-order valence-corrected chi connectivity index (χ1v) is 7.45. The van der Waals surface area contributed by atoms with Crippen LogP contribution in [-0.2, 0) is 0 Å². The number of rotatable bonds is 7. The fourth-order valence-electron chi connectivity index (χ4n) is 2.61. The SMILES string of the molecule is CCCOc1cc(NCC2CCCC2O)ccc1[N+](=O)[O-]. The molecule has 116 valence electrons. The lowest BCUT2D eigenvalue weighted by Gasteiger charge is -2.16. The molecule has 0 aromatic heterocycles. The van der Waals surface area contributed by atoms with E-state index in [1.807, 2.05) is 6.92 Å². The third kappa shape index (κ3) is 4.07. The monoisotopic (exact) mass is 294 g/mol. The molecule has 2 unspecified atom stereocenters.